The van der Waals surface area contributed by atoms with Crippen LogP contribution in [0.25, 0.3) is 88.2 Å². The largest absolute Gasteiger partial charge is 0.457 e. The Kier molecular flexibility index (Phi) is 7.89. The highest BCUT2D eigenvalue weighted by Gasteiger charge is 2.52. The molecule has 3 aromatic heterocycles. The Balaban J connectivity index is 1.12. The third kappa shape index (κ3) is 5.40. The van der Waals surface area contributed by atoms with Crippen molar-refractivity contribution in [3.8, 4) is 79.4 Å². The third-order valence-electron chi connectivity index (χ3n) is 12.4. The number of aromatic nitrogens is 5. The molecule has 0 unspecified atom stereocenters. The zero-order chi connectivity index (χ0) is 41.5. The van der Waals surface area contributed by atoms with E-state index in [4.69, 9.17) is 29.7 Å². The molecule has 7 heteroatoms. The summed E-state index contributed by atoms with van der Waals surface area (Å²) in [4.78, 5) is 26.2. The average Bonchev–Trinajstić information content (AvgIpc) is 3.88. The predicted octanol–water partition coefficient (Wildman–Crippen LogP) is 13.8. The molecule has 0 atom stereocenters. The Morgan fingerprint density at radius 3 is 1.57 bits per heavy atom. The van der Waals surface area contributed by atoms with Crippen LogP contribution in [0, 0.1) is 0 Å². The number of rotatable bonds is 5. The lowest BCUT2D eigenvalue weighted by Crippen LogP contribution is -2.32. The molecule has 0 amide bonds. The van der Waals surface area contributed by atoms with Gasteiger partial charge < -0.3 is 4.74 Å². The van der Waals surface area contributed by atoms with E-state index in [0.717, 1.165) is 94.0 Å². The van der Waals surface area contributed by atoms with Crippen LogP contribution in [0.1, 0.15) is 22.3 Å². The first kappa shape index (κ1) is 35.6. The first-order valence-corrected chi connectivity index (χ1v) is 21.8. The van der Waals surface area contributed by atoms with Crippen molar-refractivity contribution < 1.29 is 4.74 Å². The van der Waals surface area contributed by atoms with Crippen LogP contribution in [-0.4, -0.2) is 24.9 Å². The number of benzene rings is 8. The van der Waals surface area contributed by atoms with Crippen molar-refractivity contribution in [1.29, 1.82) is 0 Å². The minimum Gasteiger partial charge on any atom is -0.457 e. The Bertz CT molecular complexity index is 3500. The van der Waals surface area contributed by atoms with Crippen molar-refractivity contribution in [2.45, 2.75) is 5.41 Å². The number of hydrogen-bond acceptors (Lipinski definition) is 7. The first-order valence-electron chi connectivity index (χ1n) is 21.0. The van der Waals surface area contributed by atoms with Crippen molar-refractivity contribution in [3.63, 3.8) is 0 Å². The van der Waals surface area contributed by atoms with Gasteiger partial charge in [-0.15, -0.1) is 11.3 Å². The zero-order valence-corrected chi connectivity index (χ0v) is 34.4. The molecule has 0 saturated heterocycles. The molecule has 4 heterocycles. The smallest absolute Gasteiger partial charge is 0.164 e. The maximum atomic E-state index is 6.76. The molecule has 13 rings (SSSR count). The van der Waals surface area contributed by atoms with E-state index in [9.17, 15) is 0 Å². The van der Waals surface area contributed by atoms with E-state index in [1.165, 1.54) is 4.70 Å². The number of thiophene rings is 1. The van der Waals surface area contributed by atoms with Gasteiger partial charge in [-0.1, -0.05) is 176 Å². The molecule has 0 fully saturated rings. The third-order valence-corrected chi connectivity index (χ3v) is 13.6. The molecular formula is C56H33N5OS. The second-order valence-electron chi connectivity index (χ2n) is 15.9. The maximum absolute atomic E-state index is 6.76. The zero-order valence-electron chi connectivity index (χ0n) is 33.6. The van der Waals surface area contributed by atoms with Crippen molar-refractivity contribution in [2.75, 3.05) is 0 Å². The van der Waals surface area contributed by atoms with Crippen LogP contribution < -0.4 is 4.74 Å². The summed E-state index contributed by atoms with van der Waals surface area (Å²) in [6, 6.07) is 69.5. The second kappa shape index (κ2) is 14.0. The molecular weight excluding hydrogens is 791 g/mol. The summed E-state index contributed by atoms with van der Waals surface area (Å²) in [5, 5.41) is 1.13. The van der Waals surface area contributed by atoms with Crippen LogP contribution in [0.3, 0.4) is 0 Å². The van der Waals surface area contributed by atoms with E-state index in [1.807, 2.05) is 54.6 Å². The summed E-state index contributed by atoms with van der Waals surface area (Å²) in [5.74, 6) is 4.19. The molecule has 2 aliphatic rings. The van der Waals surface area contributed by atoms with Crippen LogP contribution in [0.4, 0.5) is 0 Å². The minimum atomic E-state index is -0.756. The van der Waals surface area contributed by atoms with Gasteiger partial charge in [0, 0.05) is 49.0 Å². The topological polar surface area (TPSA) is 73.7 Å². The van der Waals surface area contributed by atoms with Gasteiger partial charge in [0.2, 0.25) is 0 Å². The van der Waals surface area contributed by atoms with Crippen molar-refractivity contribution >= 4 is 31.6 Å². The van der Waals surface area contributed by atoms with E-state index in [1.54, 1.807) is 11.3 Å². The van der Waals surface area contributed by atoms with Gasteiger partial charge in [0.15, 0.2) is 23.3 Å². The summed E-state index contributed by atoms with van der Waals surface area (Å²) in [6.07, 6.45) is 0. The van der Waals surface area contributed by atoms with Gasteiger partial charge in [-0.25, -0.2) is 24.9 Å². The highest BCUT2D eigenvalue weighted by Crippen LogP contribution is 2.63. The van der Waals surface area contributed by atoms with Crippen LogP contribution >= 0.6 is 11.3 Å². The predicted molar refractivity (Wildman–Crippen MR) is 253 cm³/mol. The van der Waals surface area contributed by atoms with Crippen LogP contribution in [0.2, 0.25) is 0 Å². The summed E-state index contributed by atoms with van der Waals surface area (Å²) in [7, 11) is 0. The van der Waals surface area contributed by atoms with Gasteiger partial charge in [0.1, 0.15) is 11.5 Å². The molecule has 294 valence electrons. The van der Waals surface area contributed by atoms with Crippen molar-refractivity contribution in [3.05, 3.63) is 222 Å². The monoisotopic (exact) mass is 823 g/mol. The SMILES string of the molecule is c1ccc(-c2nc(-c3ccccc3)nc(-c3cccc4c3-c3ccc(-c5nc(-c6ccccc6)nc6c5sc5ccccc56)cc3C43c4ccccc4Oc4ccccc43)n2)cc1. The van der Waals surface area contributed by atoms with Gasteiger partial charge >= 0.3 is 0 Å². The molecule has 0 radical (unpaired) electrons. The highest BCUT2D eigenvalue weighted by molar-refractivity contribution is 7.26. The maximum Gasteiger partial charge on any atom is 0.164 e. The molecule has 0 N–H and O–H groups in total. The number of nitrogens with zero attached hydrogens (tertiary/aromatic N) is 5. The lowest BCUT2D eigenvalue weighted by molar-refractivity contribution is 0.436. The fraction of sp³-hybridized carbons (Fsp3) is 0.0179. The second-order valence-corrected chi connectivity index (χ2v) is 17.0. The molecule has 8 aromatic carbocycles. The fourth-order valence-corrected chi connectivity index (χ4v) is 10.9. The lowest BCUT2D eigenvalue weighted by atomic mass is 9.66. The van der Waals surface area contributed by atoms with E-state index < -0.39 is 5.41 Å². The van der Waals surface area contributed by atoms with Crippen molar-refractivity contribution in [2.24, 2.45) is 0 Å². The number of hydrogen-bond donors (Lipinski definition) is 0. The Morgan fingerprint density at radius 2 is 0.921 bits per heavy atom. The van der Waals surface area contributed by atoms with Gasteiger partial charge in [-0.05, 0) is 46.5 Å². The van der Waals surface area contributed by atoms with E-state index >= 15 is 0 Å². The van der Waals surface area contributed by atoms with Crippen LogP contribution in [0.15, 0.2) is 200 Å². The standard InChI is InChI=1S/C56H33N5OS/c1-4-17-34(18-5-1)52-57-49(51-50(58-52)39-23-10-15-30-47(39)63-51)37-31-32-38-44(33-37)56(41-25-11-13-28-45(41)62-46-29-14-12-26-42(46)56)43-27-16-24-40(48(38)43)55-60-53(35-19-6-2-7-20-35)59-54(61-55)36-21-8-3-9-22-36/h1-33H. The Hall–Kier alpha value is -8.13. The molecule has 11 aromatic rings. The number of fused-ring (bicyclic) bond motifs is 12. The van der Waals surface area contributed by atoms with Gasteiger partial charge in [-0.2, -0.15) is 0 Å². The average molecular weight is 824 g/mol. The fourth-order valence-electron chi connectivity index (χ4n) is 9.71. The first-order chi connectivity index (χ1) is 31.2. The van der Waals surface area contributed by atoms with E-state index in [-0.39, 0.29) is 0 Å². The highest BCUT2D eigenvalue weighted by atomic mass is 32.1. The molecule has 0 bridgehead atoms. The van der Waals surface area contributed by atoms with Crippen LogP contribution in [0.5, 0.6) is 11.5 Å². The Labute approximate surface area is 366 Å². The quantitative estimate of drug-likeness (QED) is 0.172. The summed E-state index contributed by atoms with van der Waals surface area (Å²) in [6.45, 7) is 0. The van der Waals surface area contributed by atoms with Gasteiger partial charge in [0.05, 0.1) is 21.3 Å². The minimum absolute atomic E-state index is 0.607. The van der Waals surface area contributed by atoms with Crippen LogP contribution in [-0.2, 0) is 5.41 Å². The van der Waals surface area contributed by atoms with E-state index in [2.05, 4.69) is 146 Å². The number of para-hydroxylation sites is 2. The summed E-state index contributed by atoms with van der Waals surface area (Å²) in [5.41, 5.74) is 12.5. The molecule has 1 spiro atoms. The molecule has 63 heavy (non-hydrogen) atoms. The lowest BCUT2D eigenvalue weighted by Gasteiger charge is -2.39. The number of ether oxygens (including phenoxy) is 1. The molecule has 1 aliphatic carbocycles. The van der Waals surface area contributed by atoms with Gasteiger partial charge in [0.25, 0.3) is 0 Å². The van der Waals surface area contributed by atoms with Crippen molar-refractivity contribution in [1.82, 2.24) is 24.9 Å². The molecule has 1 aliphatic heterocycles. The molecule has 0 saturated carbocycles. The Morgan fingerprint density at radius 1 is 0.381 bits per heavy atom. The van der Waals surface area contributed by atoms with Gasteiger partial charge in [-0.3, -0.25) is 0 Å². The molecule has 6 nitrogen and oxygen atoms in total. The summed E-state index contributed by atoms with van der Waals surface area (Å²) >= 11 is 1.74. The summed E-state index contributed by atoms with van der Waals surface area (Å²) < 4.78 is 8.99. The normalized spacial score (nSPS) is 13.0. The van der Waals surface area contributed by atoms with E-state index in [0.29, 0.717) is 23.3 Å².